The van der Waals surface area contributed by atoms with Crippen LogP contribution in [-0.2, 0) is 4.74 Å². The van der Waals surface area contributed by atoms with Gasteiger partial charge in [0, 0.05) is 12.6 Å². The number of anilines is 2. The standard InChI is InChI=1S/C9H14F3N5O/c1-6-15-7(4-8(16-6)17-13)14-2-3-18-5-9(10,11)12/h4H,2-3,5,13H2,1H3,(H2,14,15,16,17). The summed E-state index contributed by atoms with van der Waals surface area (Å²) >= 11 is 0. The summed E-state index contributed by atoms with van der Waals surface area (Å²) in [5, 5.41) is 2.81. The molecule has 0 aliphatic carbocycles. The van der Waals surface area contributed by atoms with Crippen molar-refractivity contribution >= 4 is 11.6 Å². The molecule has 0 fully saturated rings. The summed E-state index contributed by atoms with van der Waals surface area (Å²) < 4.78 is 39.7. The first kappa shape index (κ1) is 14.5. The van der Waals surface area contributed by atoms with E-state index in [0.29, 0.717) is 17.5 Å². The van der Waals surface area contributed by atoms with Gasteiger partial charge in [-0.3, -0.25) is 0 Å². The number of hydrogen-bond acceptors (Lipinski definition) is 6. The van der Waals surface area contributed by atoms with Crippen LogP contribution in [-0.4, -0.2) is 35.9 Å². The lowest BCUT2D eigenvalue weighted by atomic mass is 10.5. The molecule has 0 saturated heterocycles. The molecule has 0 bridgehead atoms. The average molecular weight is 265 g/mol. The van der Waals surface area contributed by atoms with Crippen molar-refractivity contribution in [3.05, 3.63) is 11.9 Å². The molecular formula is C9H14F3N5O. The second-order valence-electron chi connectivity index (χ2n) is 3.42. The zero-order valence-electron chi connectivity index (χ0n) is 9.71. The van der Waals surface area contributed by atoms with Gasteiger partial charge in [0.15, 0.2) is 0 Å². The summed E-state index contributed by atoms with van der Waals surface area (Å²) in [6.45, 7) is 0.545. The van der Waals surface area contributed by atoms with E-state index in [1.165, 1.54) is 6.07 Å². The maximum Gasteiger partial charge on any atom is 0.411 e. The van der Waals surface area contributed by atoms with Gasteiger partial charge in [-0.15, -0.1) is 0 Å². The van der Waals surface area contributed by atoms with Gasteiger partial charge in [0.05, 0.1) is 6.61 Å². The number of nitrogen functional groups attached to an aromatic ring is 1. The van der Waals surface area contributed by atoms with E-state index in [0.717, 1.165) is 0 Å². The van der Waals surface area contributed by atoms with Gasteiger partial charge in [-0.1, -0.05) is 0 Å². The Morgan fingerprint density at radius 3 is 2.61 bits per heavy atom. The van der Waals surface area contributed by atoms with Crippen molar-refractivity contribution in [1.29, 1.82) is 0 Å². The van der Waals surface area contributed by atoms with Crippen molar-refractivity contribution in [2.45, 2.75) is 13.1 Å². The lowest BCUT2D eigenvalue weighted by Gasteiger charge is -2.10. The van der Waals surface area contributed by atoms with Crippen LogP contribution in [0.15, 0.2) is 6.07 Å². The van der Waals surface area contributed by atoms with E-state index < -0.39 is 12.8 Å². The van der Waals surface area contributed by atoms with E-state index in [9.17, 15) is 13.2 Å². The Bertz CT molecular complexity index is 385. The molecule has 9 heteroatoms. The molecule has 4 N–H and O–H groups in total. The average Bonchev–Trinajstić information content (AvgIpc) is 2.26. The number of rotatable bonds is 6. The molecule has 0 unspecified atom stereocenters. The van der Waals surface area contributed by atoms with Gasteiger partial charge in [0.2, 0.25) is 0 Å². The molecule has 0 saturated carbocycles. The highest BCUT2D eigenvalue weighted by Crippen LogP contribution is 2.14. The number of aromatic nitrogens is 2. The topological polar surface area (TPSA) is 85.1 Å². The quantitative estimate of drug-likeness (QED) is 0.405. The van der Waals surface area contributed by atoms with Gasteiger partial charge in [0.25, 0.3) is 0 Å². The number of alkyl halides is 3. The smallest absolute Gasteiger partial charge is 0.370 e. The van der Waals surface area contributed by atoms with E-state index >= 15 is 0 Å². The van der Waals surface area contributed by atoms with E-state index in [1.807, 2.05) is 0 Å². The Labute approximate surface area is 102 Å². The second kappa shape index (κ2) is 6.36. The lowest BCUT2D eigenvalue weighted by Crippen LogP contribution is -2.20. The first-order valence-corrected chi connectivity index (χ1v) is 5.11. The van der Waals surface area contributed by atoms with Crippen LogP contribution in [0.4, 0.5) is 24.8 Å². The third kappa shape index (κ3) is 5.64. The van der Waals surface area contributed by atoms with Crippen LogP contribution in [0.1, 0.15) is 5.82 Å². The third-order valence-corrected chi connectivity index (χ3v) is 1.80. The molecule has 102 valence electrons. The number of halogens is 3. The number of nitrogens with one attached hydrogen (secondary N) is 2. The van der Waals surface area contributed by atoms with Gasteiger partial charge in [-0.05, 0) is 6.92 Å². The maximum atomic E-state index is 11.8. The molecule has 1 rings (SSSR count). The molecular weight excluding hydrogens is 251 g/mol. The molecule has 18 heavy (non-hydrogen) atoms. The molecule has 6 nitrogen and oxygen atoms in total. The SMILES string of the molecule is Cc1nc(NN)cc(NCCOCC(F)(F)F)n1. The maximum absolute atomic E-state index is 11.8. The number of ether oxygens (including phenoxy) is 1. The van der Waals surface area contributed by atoms with Gasteiger partial charge in [-0.25, -0.2) is 15.8 Å². The number of aryl methyl sites for hydroxylation is 1. The fourth-order valence-electron chi connectivity index (χ4n) is 1.17. The normalized spacial score (nSPS) is 11.4. The number of hydrazine groups is 1. The fourth-order valence-corrected chi connectivity index (χ4v) is 1.17. The van der Waals surface area contributed by atoms with Gasteiger partial charge < -0.3 is 15.5 Å². The predicted octanol–water partition coefficient (Wildman–Crippen LogP) is 1.06. The lowest BCUT2D eigenvalue weighted by molar-refractivity contribution is -0.172. The van der Waals surface area contributed by atoms with Crippen LogP contribution in [0.3, 0.4) is 0 Å². The zero-order chi connectivity index (χ0) is 13.6. The third-order valence-electron chi connectivity index (χ3n) is 1.80. The molecule has 0 atom stereocenters. The highest BCUT2D eigenvalue weighted by atomic mass is 19.4. The number of hydrogen-bond donors (Lipinski definition) is 3. The van der Waals surface area contributed by atoms with E-state index in [4.69, 9.17) is 5.84 Å². The monoisotopic (exact) mass is 265 g/mol. The minimum Gasteiger partial charge on any atom is -0.370 e. The minimum atomic E-state index is -4.30. The Morgan fingerprint density at radius 2 is 2.00 bits per heavy atom. The number of nitrogens with two attached hydrogens (primary N) is 1. The van der Waals surface area contributed by atoms with Gasteiger partial charge in [-0.2, -0.15) is 13.2 Å². The Morgan fingerprint density at radius 1 is 1.33 bits per heavy atom. The summed E-state index contributed by atoms with van der Waals surface area (Å²) in [4.78, 5) is 7.99. The molecule has 0 spiro atoms. The van der Waals surface area contributed by atoms with Crippen molar-refractivity contribution in [2.24, 2.45) is 5.84 Å². The van der Waals surface area contributed by atoms with Crippen LogP contribution < -0.4 is 16.6 Å². The first-order chi connectivity index (χ1) is 8.40. The highest BCUT2D eigenvalue weighted by molar-refractivity contribution is 5.46. The van der Waals surface area contributed by atoms with Gasteiger partial charge >= 0.3 is 6.18 Å². The molecule has 0 radical (unpaired) electrons. The summed E-state index contributed by atoms with van der Waals surface area (Å²) in [6, 6.07) is 1.54. The Kier molecular flexibility index (Phi) is 5.10. The summed E-state index contributed by atoms with van der Waals surface area (Å²) in [7, 11) is 0. The second-order valence-corrected chi connectivity index (χ2v) is 3.42. The van der Waals surface area contributed by atoms with Crippen molar-refractivity contribution < 1.29 is 17.9 Å². The Hall–Kier alpha value is -1.61. The van der Waals surface area contributed by atoms with Crippen LogP contribution >= 0.6 is 0 Å². The largest absolute Gasteiger partial charge is 0.411 e. The molecule has 1 aromatic heterocycles. The summed E-state index contributed by atoms with van der Waals surface area (Å²) in [6.07, 6.45) is -4.30. The summed E-state index contributed by atoms with van der Waals surface area (Å²) in [5.74, 6) is 6.57. The van der Waals surface area contributed by atoms with E-state index in [2.05, 4.69) is 25.4 Å². The summed E-state index contributed by atoms with van der Waals surface area (Å²) in [5.41, 5.74) is 2.36. The predicted molar refractivity (Wildman–Crippen MR) is 59.9 cm³/mol. The van der Waals surface area contributed by atoms with Crippen molar-refractivity contribution in [1.82, 2.24) is 9.97 Å². The fraction of sp³-hybridized carbons (Fsp3) is 0.556. The zero-order valence-corrected chi connectivity index (χ0v) is 9.71. The molecule has 0 aromatic carbocycles. The molecule has 0 aliphatic rings. The molecule has 0 amide bonds. The van der Waals surface area contributed by atoms with Crippen molar-refractivity contribution in [3.8, 4) is 0 Å². The first-order valence-electron chi connectivity index (χ1n) is 5.11. The molecule has 0 aliphatic heterocycles. The van der Waals surface area contributed by atoms with Crippen LogP contribution in [0, 0.1) is 6.92 Å². The molecule has 1 heterocycles. The minimum absolute atomic E-state index is 0.0754. The van der Waals surface area contributed by atoms with Crippen molar-refractivity contribution in [2.75, 3.05) is 30.5 Å². The number of nitrogens with zero attached hydrogens (tertiary/aromatic N) is 2. The van der Waals surface area contributed by atoms with Crippen molar-refractivity contribution in [3.63, 3.8) is 0 Å². The van der Waals surface area contributed by atoms with E-state index in [-0.39, 0.29) is 13.2 Å². The highest BCUT2D eigenvalue weighted by Gasteiger charge is 2.27. The van der Waals surface area contributed by atoms with Crippen LogP contribution in [0.2, 0.25) is 0 Å². The van der Waals surface area contributed by atoms with Gasteiger partial charge in [0.1, 0.15) is 24.1 Å². The van der Waals surface area contributed by atoms with Crippen LogP contribution in [0.5, 0.6) is 0 Å². The Balaban J connectivity index is 2.33. The molecule has 1 aromatic rings. The van der Waals surface area contributed by atoms with Crippen LogP contribution in [0.25, 0.3) is 0 Å². The van der Waals surface area contributed by atoms with E-state index in [1.54, 1.807) is 6.92 Å².